The van der Waals surface area contributed by atoms with E-state index in [2.05, 4.69) is 20.6 Å². The SMILES string of the molecule is NCC1C(Cl)[C@]2(NC(N)=N[C@@H]2O)[C@H]2[C@@H]1CN1C(=O)c3cccn3[C@H]3N=C(N)NC321. The zero-order valence-corrected chi connectivity index (χ0v) is 16.1. The summed E-state index contributed by atoms with van der Waals surface area (Å²) in [5.74, 6) is -0.441. The average Bonchev–Trinajstić information content (AvgIpc) is 3.42. The van der Waals surface area contributed by atoms with Crippen molar-refractivity contribution < 1.29 is 9.90 Å². The van der Waals surface area contributed by atoms with E-state index in [0.717, 1.165) is 0 Å². The molecule has 29 heavy (non-hydrogen) atoms. The summed E-state index contributed by atoms with van der Waals surface area (Å²) in [6.07, 6.45) is 0.125. The van der Waals surface area contributed by atoms with Crippen LogP contribution in [0.1, 0.15) is 16.7 Å². The normalized spacial score (nSPS) is 46.6. The van der Waals surface area contributed by atoms with E-state index < -0.39 is 29.0 Å². The maximum atomic E-state index is 13.4. The highest BCUT2D eigenvalue weighted by Gasteiger charge is 2.79. The number of carbonyl (C=O) groups excluding carboxylic acids is 1. The van der Waals surface area contributed by atoms with Crippen molar-refractivity contribution in [2.24, 2.45) is 44.9 Å². The second kappa shape index (κ2) is 5.15. The summed E-state index contributed by atoms with van der Waals surface area (Å²) in [5, 5.41) is 16.9. The predicted molar refractivity (Wildman–Crippen MR) is 105 cm³/mol. The number of alkyl halides is 1. The number of nitrogens with zero attached hydrogens (tertiary/aromatic N) is 4. The lowest BCUT2D eigenvalue weighted by molar-refractivity contribution is -0.0269. The molecule has 1 aliphatic carbocycles. The van der Waals surface area contributed by atoms with Crippen LogP contribution in [0.15, 0.2) is 28.3 Å². The predicted octanol–water partition coefficient (Wildman–Crippen LogP) is -2.53. The fourth-order valence-electron chi connectivity index (χ4n) is 6.54. The van der Waals surface area contributed by atoms with Crippen molar-refractivity contribution in [2.75, 3.05) is 13.1 Å². The van der Waals surface area contributed by atoms with Crippen LogP contribution in [0.5, 0.6) is 0 Å². The van der Waals surface area contributed by atoms with E-state index in [4.69, 9.17) is 28.8 Å². The molecule has 1 saturated carbocycles. The lowest BCUT2D eigenvalue weighted by Gasteiger charge is -2.51. The van der Waals surface area contributed by atoms with Crippen LogP contribution in [0.4, 0.5) is 0 Å². The zero-order chi connectivity index (χ0) is 20.3. The number of aromatic nitrogens is 1. The molecule has 0 bridgehead atoms. The number of aliphatic hydroxyl groups excluding tert-OH is 1. The fourth-order valence-corrected chi connectivity index (χ4v) is 7.13. The lowest BCUT2D eigenvalue weighted by atomic mass is 9.73. The van der Waals surface area contributed by atoms with Gasteiger partial charge in [0.05, 0.1) is 5.38 Å². The average molecular weight is 420 g/mol. The van der Waals surface area contributed by atoms with Crippen LogP contribution in [-0.4, -0.2) is 68.3 Å². The first-order valence-electron chi connectivity index (χ1n) is 9.60. The van der Waals surface area contributed by atoms with Crippen molar-refractivity contribution in [3.05, 3.63) is 24.0 Å². The van der Waals surface area contributed by atoms with Crippen LogP contribution in [0.3, 0.4) is 0 Å². The molecule has 8 atom stereocenters. The molecule has 154 valence electrons. The first kappa shape index (κ1) is 17.4. The molecule has 0 aromatic carbocycles. The Kier molecular flexibility index (Phi) is 3.09. The fraction of sp³-hybridized carbons (Fsp3) is 0.588. The topological polar surface area (TPSA) is 172 Å². The Morgan fingerprint density at radius 3 is 2.76 bits per heavy atom. The third-order valence-corrected chi connectivity index (χ3v) is 8.12. The number of fused-ring (bicyclic) bond motifs is 4. The molecule has 1 aromatic rings. The number of hydrogen-bond donors (Lipinski definition) is 6. The molecular weight excluding hydrogens is 398 g/mol. The van der Waals surface area contributed by atoms with Crippen LogP contribution in [0.2, 0.25) is 0 Å². The molecule has 9 N–H and O–H groups in total. The van der Waals surface area contributed by atoms with Gasteiger partial charge in [-0.25, -0.2) is 9.98 Å². The van der Waals surface area contributed by atoms with Gasteiger partial charge in [0.2, 0.25) is 0 Å². The third kappa shape index (κ3) is 1.68. The standard InChI is InChI=1S/C17H22ClN9O2/c18-10-6(4-19)7-5-27-11(28)8-2-1-3-26(8)12-17(27,25-14(20)22-12)9(7)16(10)13(29)23-15(21)24-16/h1-3,6-7,9-10,12-13,29H,4-5,19H2,(H3,20,22,25)(H3,21,23,24)/t6?,7-,9-,10?,12-,13-,16-,17?/m1/s1. The number of halogens is 1. The van der Waals surface area contributed by atoms with E-state index >= 15 is 0 Å². The first-order chi connectivity index (χ1) is 13.9. The van der Waals surface area contributed by atoms with Crippen LogP contribution < -0.4 is 27.8 Å². The molecular formula is C17H22ClN9O2. The molecule has 1 amide bonds. The minimum absolute atomic E-state index is 0.101. The Hall–Kier alpha value is -2.50. The van der Waals surface area contributed by atoms with E-state index in [-0.39, 0.29) is 35.6 Å². The van der Waals surface area contributed by atoms with Gasteiger partial charge in [-0.05, 0) is 30.5 Å². The minimum atomic E-state index is -1.19. The number of nitrogens with one attached hydrogen (secondary N) is 2. The van der Waals surface area contributed by atoms with Crippen LogP contribution in [-0.2, 0) is 0 Å². The number of rotatable bonds is 1. The molecule has 0 radical (unpaired) electrons. The molecule has 2 spiro atoms. The molecule has 12 heteroatoms. The Labute approximate surface area is 170 Å². The highest BCUT2D eigenvalue weighted by atomic mass is 35.5. The Bertz CT molecular complexity index is 993. The van der Waals surface area contributed by atoms with E-state index in [1.807, 2.05) is 16.8 Å². The van der Waals surface area contributed by atoms with Gasteiger partial charge < -0.3 is 42.4 Å². The Morgan fingerprint density at radius 1 is 1.31 bits per heavy atom. The minimum Gasteiger partial charge on any atom is -0.370 e. The van der Waals surface area contributed by atoms with Crippen molar-refractivity contribution in [1.29, 1.82) is 0 Å². The van der Waals surface area contributed by atoms with E-state index in [1.165, 1.54) is 0 Å². The van der Waals surface area contributed by atoms with Gasteiger partial charge in [0.25, 0.3) is 5.91 Å². The summed E-state index contributed by atoms with van der Waals surface area (Å²) in [6.45, 7) is 0.721. The van der Waals surface area contributed by atoms with E-state index in [1.54, 1.807) is 11.0 Å². The number of aliphatic hydroxyl groups is 1. The number of aliphatic imine (C=N–C) groups is 2. The first-order valence-corrected chi connectivity index (χ1v) is 10.0. The van der Waals surface area contributed by atoms with Crippen LogP contribution in [0.25, 0.3) is 0 Å². The van der Waals surface area contributed by atoms with Gasteiger partial charge in [-0.3, -0.25) is 4.79 Å². The number of amides is 1. The molecule has 1 aromatic heterocycles. The largest absolute Gasteiger partial charge is 0.370 e. The maximum absolute atomic E-state index is 13.4. The molecule has 5 heterocycles. The molecule has 4 aliphatic heterocycles. The van der Waals surface area contributed by atoms with Crippen LogP contribution >= 0.6 is 11.6 Å². The third-order valence-electron chi connectivity index (χ3n) is 7.43. The van der Waals surface area contributed by atoms with E-state index in [9.17, 15) is 9.90 Å². The summed E-state index contributed by atoms with van der Waals surface area (Å²) in [7, 11) is 0. The summed E-state index contributed by atoms with van der Waals surface area (Å²) in [4.78, 5) is 24.0. The van der Waals surface area contributed by atoms with Gasteiger partial charge in [0.15, 0.2) is 30.0 Å². The highest BCUT2D eigenvalue weighted by molar-refractivity contribution is 6.22. The van der Waals surface area contributed by atoms with Crippen molar-refractivity contribution in [1.82, 2.24) is 20.1 Å². The summed E-state index contributed by atoms with van der Waals surface area (Å²) in [6, 6.07) is 3.58. The monoisotopic (exact) mass is 419 g/mol. The van der Waals surface area contributed by atoms with Crippen molar-refractivity contribution in [2.45, 2.75) is 29.0 Å². The smallest absolute Gasteiger partial charge is 0.272 e. The number of guanidine groups is 2. The zero-order valence-electron chi connectivity index (χ0n) is 15.4. The van der Waals surface area contributed by atoms with E-state index in [0.29, 0.717) is 18.8 Å². The second-order valence-corrected chi connectivity index (χ2v) is 8.91. The number of hydrogen-bond acceptors (Lipinski definition) is 9. The van der Waals surface area contributed by atoms with Gasteiger partial charge in [-0.1, -0.05) is 0 Å². The molecule has 11 nitrogen and oxygen atoms in total. The summed E-state index contributed by atoms with van der Waals surface area (Å²) in [5.41, 5.74) is 16.6. The molecule has 1 saturated heterocycles. The summed E-state index contributed by atoms with van der Waals surface area (Å²) >= 11 is 6.94. The number of nitrogens with two attached hydrogens (primary N) is 3. The maximum Gasteiger partial charge on any atom is 0.272 e. The quantitative estimate of drug-likeness (QED) is 0.272. The number of carbonyl (C=O) groups is 1. The highest BCUT2D eigenvalue weighted by Crippen LogP contribution is 2.63. The van der Waals surface area contributed by atoms with Gasteiger partial charge >= 0.3 is 0 Å². The Morgan fingerprint density at radius 2 is 2.07 bits per heavy atom. The molecule has 3 unspecified atom stereocenters. The van der Waals surface area contributed by atoms with Crippen molar-refractivity contribution in [3.63, 3.8) is 0 Å². The van der Waals surface area contributed by atoms with Gasteiger partial charge in [-0.2, -0.15) is 0 Å². The van der Waals surface area contributed by atoms with Gasteiger partial charge in [0.1, 0.15) is 11.2 Å². The lowest BCUT2D eigenvalue weighted by Crippen LogP contribution is -2.74. The molecule has 2 fully saturated rings. The molecule has 5 aliphatic rings. The van der Waals surface area contributed by atoms with Gasteiger partial charge in [-0.15, -0.1) is 11.6 Å². The van der Waals surface area contributed by atoms with Crippen molar-refractivity contribution >= 4 is 29.4 Å². The van der Waals surface area contributed by atoms with Crippen LogP contribution in [0, 0.1) is 17.8 Å². The second-order valence-electron chi connectivity index (χ2n) is 8.44. The Balaban J connectivity index is 1.60. The summed E-state index contributed by atoms with van der Waals surface area (Å²) < 4.78 is 1.83. The molecule has 6 rings (SSSR count). The van der Waals surface area contributed by atoms with Gasteiger partial charge in [0, 0.05) is 18.7 Å². The van der Waals surface area contributed by atoms with Crippen molar-refractivity contribution in [3.8, 4) is 0 Å².